The van der Waals surface area contributed by atoms with Crippen molar-refractivity contribution in [3.05, 3.63) is 12.2 Å². The molecule has 0 N–H and O–H groups in total. The predicted octanol–water partition coefficient (Wildman–Crippen LogP) is -1.34. The van der Waals surface area contributed by atoms with Gasteiger partial charge in [0.15, 0.2) is 0 Å². The molecule has 0 aliphatic carbocycles. The fraction of sp³-hybridized carbons (Fsp3) is 0.750. The van der Waals surface area contributed by atoms with Crippen LogP contribution in [0, 0.1) is 0 Å². The molecule has 1 nitrogen and oxygen atoms in total. The fourth-order valence-electron chi connectivity index (χ4n) is 0.842. The SMILES string of the molecule is C=C(C)C[N+](C)(C)CC.[I-]. The summed E-state index contributed by atoms with van der Waals surface area (Å²) in [7, 11) is 4.43. The molecule has 0 amide bonds. The highest BCUT2D eigenvalue weighted by molar-refractivity contribution is 4.87. The van der Waals surface area contributed by atoms with Gasteiger partial charge in [-0.3, -0.25) is 0 Å². The van der Waals surface area contributed by atoms with Crippen LogP contribution in [0.2, 0.25) is 0 Å². The van der Waals surface area contributed by atoms with Crippen LogP contribution in [0.4, 0.5) is 0 Å². The summed E-state index contributed by atoms with van der Waals surface area (Å²) in [5.41, 5.74) is 1.27. The number of nitrogens with zero attached hydrogens (tertiary/aromatic N) is 1. The van der Waals surface area contributed by atoms with Crippen molar-refractivity contribution in [1.29, 1.82) is 0 Å². The first-order valence-corrected chi connectivity index (χ1v) is 3.44. The Morgan fingerprint density at radius 2 is 1.80 bits per heavy atom. The largest absolute Gasteiger partial charge is 1.00 e. The van der Waals surface area contributed by atoms with E-state index >= 15 is 0 Å². The Balaban J connectivity index is 0. The molecule has 0 aliphatic heterocycles. The molecule has 0 spiro atoms. The lowest BCUT2D eigenvalue weighted by Gasteiger charge is -2.28. The monoisotopic (exact) mass is 255 g/mol. The minimum Gasteiger partial charge on any atom is -1.00 e. The molecular formula is C8H18IN. The van der Waals surface area contributed by atoms with Gasteiger partial charge in [0.2, 0.25) is 0 Å². The standard InChI is InChI=1S/C8H18N.HI/c1-6-9(4,5)7-8(2)3;/h2,6-7H2,1,3-5H3;1H/q+1;/p-1. The Hall–Kier alpha value is 0.430. The summed E-state index contributed by atoms with van der Waals surface area (Å²) in [5, 5.41) is 0. The van der Waals surface area contributed by atoms with Gasteiger partial charge < -0.3 is 28.5 Å². The molecule has 10 heavy (non-hydrogen) atoms. The average molecular weight is 255 g/mol. The van der Waals surface area contributed by atoms with Crippen LogP contribution in [-0.4, -0.2) is 31.7 Å². The maximum absolute atomic E-state index is 3.87. The molecule has 0 aromatic heterocycles. The fourth-order valence-corrected chi connectivity index (χ4v) is 0.842. The number of quaternary nitrogens is 1. The van der Waals surface area contributed by atoms with Crippen LogP contribution in [0.15, 0.2) is 12.2 Å². The van der Waals surface area contributed by atoms with Crippen LogP contribution >= 0.6 is 0 Å². The molecular weight excluding hydrogens is 237 g/mol. The van der Waals surface area contributed by atoms with E-state index in [1.54, 1.807) is 0 Å². The summed E-state index contributed by atoms with van der Waals surface area (Å²) in [5.74, 6) is 0. The lowest BCUT2D eigenvalue weighted by molar-refractivity contribution is -0.883. The molecule has 0 bridgehead atoms. The Bertz CT molecular complexity index is 108. The highest BCUT2D eigenvalue weighted by atomic mass is 127. The van der Waals surface area contributed by atoms with Gasteiger partial charge in [0.05, 0.1) is 27.2 Å². The van der Waals surface area contributed by atoms with Crippen molar-refractivity contribution < 1.29 is 28.5 Å². The second-order valence-corrected chi connectivity index (χ2v) is 3.37. The van der Waals surface area contributed by atoms with Gasteiger partial charge >= 0.3 is 0 Å². The van der Waals surface area contributed by atoms with Gasteiger partial charge in [-0.25, -0.2) is 0 Å². The summed E-state index contributed by atoms with van der Waals surface area (Å²) >= 11 is 0. The van der Waals surface area contributed by atoms with E-state index in [1.165, 1.54) is 12.1 Å². The van der Waals surface area contributed by atoms with Gasteiger partial charge in [0.25, 0.3) is 0 Å². The van der Waals surface area contributed by atoms with E-state index in [2.05, 4.69) is 34.5 Å². The highest BCUT2D eigenvalue weighted by Gasteiger charge is 2.09. The summed E-state index contributed by atoms with van der Waals surface area (Å²) < 4.78 is 1.05. The van der Waals surface area contributed by atoms with E-state index < -0.39 is 0 Å². The number of likely N-dealkylation sites (N-methyl/N-ethyl adjacent to an activating group) is 1. The number of hydrogen-bond donors (Lipinski definition) is 0. The summed E-state index contributed by atoms with van der Waals surface area (Å²) in [6.45, 7) is 10.4. The summed E-state index contributed by atoms with van der Waals surface area (Å²) in [6.07, 6.45) is 0. The molecule has 0 fully saturated rings. The van der Waals surface area contributed by atoms with E-state index in [4.69, 9.17) is 0 Å². The van der Waals surface area contributed by atoms with E-state index in [0.29, 0.717) is 0 Å². The molecule has 0 aromatic carbocycles. The Morgan fingerprint density at radius 3 is 1.90 bits per heavy atom. The zero-order chi connectivity index (χ0) is 7.49. The van der Waals surface area contributed by atoms with E-state index in [0.717, 1.165) is 11.0 Å². The first-order chi connectivity index (χ1) is 3.98. The first-order valence-electron chi connectivity index (χ1n) is 3.44. The van der Waals surface area contributed by atoms with Crippen LogP contribution in [0.1, 0.15) is 13.8 Å². The quantitative estimate of drug-likeness (QED) is 0.333. The first kappa shape index (κ1) is 13.1. The molecule has 2 heteroatoms. The Kier molecular flexibility index (Phi) is 6.69. The predicted molar refractivity (Wildman–Crippen MR) is 42.3 cm³/mol. The van der Waals surface area contributed by atoms with Gasteiger partial charge in [-0.05, 0) is 19.4 Å². The summed E-state index contributed by atoms with van der Waals surface area (Å²) in [4.78, 5) is 0. The molecule has 0 unspecified atom stereocenters. The zero-order valence-electron chi connectivity index (χ0n) is 7.45. The normalized spacial score (nSPS) is 10.4. The minimum atomic E-state index is 0. The van der Waals surface area contributed by atoms with Crippen molar-refractivity contribution in [2.75, 3.05) is 27.2 Å². The van der Waals surface area contributed by atoms with Crippen molar-refractivity contribution in [2.45, 2.75) is 13.8 Å². The molecule has 62 valence electrons. The van der Waals surface area contributed by atoms with E-state index in [-0.39, 0.29) is 24.0 Å². The second-order valence-electron chi connectivity index (χ2n) is 3.37. The maximum Gasteiger partial charge on any atom is 0.0993 e. The number of hydrogen-bond acceptors (Lipinski definition) is 0. The number of halogens is 1. The van der Waals surface area contributed by atoms with Gasteiger partial charge in [0, 0.05) is 0 Å². The molecule has 0 radical (unpaired) electrons. The minimum absolute atomic E-state index is 0. The van der Waals surface area contributed by atoms with Crippen LogP contribution < -0.4 is 24.0 Å². The van der Waals surface area contributed by atoms with Gasteiger partial charge in [-0.1, -0.05) is 6.58 Å². The van der Waals surface area contributed by atoms with Crippen LogP contribution in [0.25, 0.3) is 0 Å². The van der Waals surface area contributed by atoms with Crippen molar-refractivity contribution in [3.8, 4) is 0 Å². The third kappa shape index (κ3) is 6.55. The molecule has 0 saturated heterocycles. The lowest BCUT2D eigenvalue weighted by Crippen LogP contribution is -3.00. The maximum atomic E-state index is 3.87. The number of rotatable bonds is 3. The Morgan fingerprint density at radius 1 is 1.40 bits per heavy atom. The molecule has 0 aromatic rings. The van der Waals surface area contributed by atoms with Crippen LogP contribution in [0.5, 0.6) is 0 Å². The second kappa shape index (κ2) is 5.13. The van der Waals surface area contributed by atoms with Gasteiger partial charge in [-0.2, -0.15) is 0 Å². The zero-order valence-corrected chi connectivity index (χ0v) is 9.60. The van der Waals surface area contributed by atoms with Crippen molar-refractivity contribution in [1.82, 2.24) is 0 Å². The van der Waals surface area contributed by atoms with Crippen LogP contribution in [0.3, 0.4) is 0 Å². The van der Waals surface area contributed by atoms with Gasteiger partial charge in [0.1, 0.15) is 0 Å². The van der Waals surface area contributed by atoms with Crippen molar-refractivity contribution in [3.63, 3.8) is 0 Å². The van der Waals surface area contributed by atoms with Crippen LogP contribution in [-0.2, 0) is 0 Å². The smallest absolute Gasteiger partial charge is 0.0993 e. The van der Waals surface area contributed by atoms with E-state index in [9.17, 15) is 0 Å². The third-order valence-electron chi connectivity index (χ3n) is 1.55. The highest BCUT2D eigenvalue weighted by Crippen LogP contribution is 2.00. The lowest BCUT2D eigenvalue weighted by atomic mass is 10.3. The van der Waals surface area contributed by atoms with Gasteiger partial charge in [-0.15, -0.1) is 0 Å². The Labute approximate surface area is 81.7 Å². The third-order valence-corrected chi connectivity index (χ3v) is 1.55. The average Bonchev–Trinajstić information content (AvgIpc) is 1.63. The topological polar surface area (TPSA) is 0 Å². The van der Waals surface area contributed by atoms with Crippen molar-refractivity contribution >= 4 is 0 Å². The molecule has 0 saturated carbocycles. The molecule has 0 aliphatic rings. The molecule has 0 heterocycles. The van der Waals surface area contributed by atoms with Crippen molar-refractivity contribution in [2.24, 2.45) is 0 Å². The van der Waals surface area contributed by atoms with E-state index in [1.807, 2.05) is 0 Å². The summed E-state index contributed by atoms with van der Waals surface area (Å²) in [6, 6.07) is 0. The molecule has 0 rings (SSSR count). The molecule has 0 atom stereocenters.